The maximum Gasteiger partial charge on any atom is 0.123 e. The molecule has 2 aliphatic rings. The first-order valence-corrected chi connectivity index (χ1v) is 5.77. The SMILES string of the molecule is O=CC1CCC(C=O)C2CCCCC12. The highest BCUT2D eigenvalue weighted by Gasteiger charge is 2.39. The average Bonchev–Trinajstić information content (AvgIpc) is 2.27. The molecule has 0 radical (unpaired) electrons. The molecule has 0 aromatic carbocycles. The predicted molar refractivity (Wildman–Crippen MR) is 53.8 cm³/mol. The fraction of sp³-hybridized carbons (Fsp3) is 0.833. The van der Waals surface area contributed by atoms with E-state index in [1.807, 2.05) is 0 Å². The summed E-state index contributed by atoms with van der Waals surface area (Å²) in [4.78, 5) is 21.8. The van der Waals surface area contributed by atoms with E-state index in [1.165, 1.54) is 25.7 Å². The molecule has 0 bridgehead atoms. The van der Waals surface area contributed by atoms with Crippen molar-refractivity contribution in [3.8, 4) is 0 Å². The molecule has 2 aliphatic carbocycles. The lowest BCUT2D eigenvalue weighted by Crippen LogP contribution is -2.38. The molecule has 4 atom stereocenters. The third kappa shape index (κ3) is 1.62. The highest BCUT2D eigenvalue weighted by atomic mass is 16.1. The number of hydrogen-bond acceptors (Lipinski definition) is 2. The molecule has 14 heavy (non-hydrogen) atoms. The van der Waals surface area contributed by atoms with Crippen molar-refractivity contribution < 1.29 is 9.59 Å². The first-order chi connectivity index (χ1) is 6.86. The molecule has 2 nitrogen and oxygen atoms in total. The van der Waals surface area contributed by atoms with Gasteiger partial charge in [0.15, 0.2) is 0 Å². The Kier molecular flexibility index (Phi) is 2.99. The van der Waals surface area contributed by atoms with Gasteiger partial charge in [0.05, 0.1) is 0 Å². The number of fused-ring (bicyclic) bond motifs is 1. The van der Waals surface area contributed by atoms with E-state index in [0.29, 0.717) is 11.8 Å². The topological polar surface area (TPSA) is 34.1 Å². The molecule has 78 valence electrons. The van der Waals surface area contributed by atoms with E-state index in [2.05, 4.69) is 0 Å². The second-order valence-electron chi connectivity index (χ2n) is 4.79. The second kappa shape index (κ2) is 4.24. The van der Waals surface area contributed by atoms with Crippen molar-refractivity contribution in [1.82, 2.24) is 0 Å². The van der Waals surface area contributed by atoms with Crippen LogP contribution in [0.1, 0.15) is 38.5 Å². The molecular formula is C12H18O2. The summed E-state index contributed by atoms with van der Waals surface area (Å²) in [5.74, 6) is 1.53. The summed E-state index contributed by atoms with van der Waals surface area (Å²) in [7, 11) is 0. The molecule has 2 saturated carbocycles. The van der Waals surface area contributed by atoms with E-state index in [4.69, 9.17) is 0 Å². The lowest BCUT2D eigenvalue weighted by Gasteiger charge is -2.42. The minimum absolute atomic E-state index is 0.247. The lowest BCUT2D eigenvalue weighted by atomic mass is 9.62. The van der Waals surface area contributed by atoms with Gasteiger partial charge in [-0.1, -0.05) is 12.8 Å². The minimum Gasteiger partial charge on any atom is -0.303 e. The average molecular weight is 194 g/mol. The van der Waals surface area contributed by atoms with Crippen LogP contribution < -0.4 is 0 Å². The van der Waals surface area contributed by atoms with E-state index in [0.717, 1.165) is 25.4 Å². The van der Waals surface area contributed by atoms with Crippen LogP contribution in [0.4, 0.5) is 0 Å². The van der Waals surface area contributed by atoms with E-state index in [1.54, 1.807) is 0 Å². The summed E-state index contributed by atoms with van der Waals surface area (Å²) in [5.41, 5.74) is 0. The van der Waals surface area contributed by atoms with E-state index in [-0.39, 0.29) is 11.8 Å². The lowest BCUT2D eigenvalue weighted by molar-refractivity contribution is -0.122. The smallest absolute Gasteiger partial charge is 0.123 e. The molecule has 0 spiro atoms. The van der Waals surface area contributed by atoms with Crippen molar-refractivity contribution in [2.24, 2.45) is 23.7 Å². The first-order valence-electron chi connectivity index (χ1n) is 5.77. The number of rotatable bonds is 2. The molecule has 2 fully saturated rings. The third-order valence-corrected chi connectivity index (χ3v) is 4.16. The Morgan fingerprint density at radius 1 is 0.714 bits per heavy atom. The summed E-state index contributed by atoms with van der Waals surface area (Å²) in [6.45, 7) is 0. The Bertz CT molecular complexity index is 200. The van der Waals surface area contributed by atoms with Gasteiger partial charge in [0.25, 0.3) is 0 Å². The quantitative estimate of drug-likeness (QED) is 0.632. The number of hydrogen-bond donors (Lipinski definition) is 0. The fourth-order valence-corrected chi connectivity index (χ4v) is 3.40. The number of carbonyl (C=O) groups excluding carboxylic acids is 2. The van der Waals surface area contributed by atoms with Gasteiger partial charge in [-0.2, -0.15) is 0 Å². The summed E-state index contributed by atoms with van der Waals surface area (Å²) in [6, 6.07) is 0. The maximum absolute atomic E-state index is 10.9. The molecule has 0 saturated heterocycles. The molecule has 0 N–H and O–H groups in total. The van der Waals surface area contributed by atoms with Gasteiger partial charge in [-0.25, -0.2) is 0 Å². The van der Waals surface area contributed by atoms with Gasteiger partial charge in [0.1, 0.15) is 12.6 Å². The van der Waals surface area contributed by atoms with Crippen LogP contribution in [0, 0.1) is 23.7 Å². The largest absolute Gasteiger partial charge is 0.303 e. The van der Waals surface area contributed by atoms with Crippen LogP contribution in [0.3, 0.4) is 0 Å². The molecule has 4 unspecified atom stereocenters. The fourth-order valence-electron chi connectivity index (χ4n) is 3.40. The van der Waals surface area contributed by atoms with Gasteiger partial charge in [0, 0.05) is 11.8 Å². The van der Waals surface area contributed by atoms with Crippen molar-refractivity contribution in [1.29, 1.82) is 0 Å². The van der Waals surface area contributed by atoms with Crippen LogP contribution in [-0.4, -0.2) is 12.6 Å². The van der Waals surface area contributed by atoms with Crippen molar-refractivity contribution in [3.05, 3.63) is 0 Å². The van der Waals surface area contributed by atoms with Crippen LogP contribution in [0.5, 0.6) is 0 Å². The van der Waals surface area contributed by atoms with Gasteiger partial charge in [0.2, 0.25) is 0 Å². The molecular weight excluding hydrogens is 176 g/mol. The van der Waals surface area contributed by atoms with Gasteiger partial charge in [-0.05, 0) is 37.5 Å². The zero-order valence-corrected chi connectivity index (χ0v) is 8.52. The van der Waals surface area contributed by atoms with Gasteiger partial charge < -0.3 is 9.59 Å². The van der Waals surface area contributed by atoms with Crippen LogP contribution >= 0.6 is 0 Å². The zero-order valence-electron chi connectivity index (χ0n) is 8.52. The molecule has 2 rings (SSSR count). The summed E-state index contributed by atoms with van der Waals surface area (Å²) in [5, 5.41) is 0. The Balaban J connectivity index is 2.12. The van der Waals surface area contributed by atoms with Crippen LogP contribution in [0.15, 0.2) is 0 Å². The standard InChI is InChI=1S/C12H18O2/c13-7-9-5-6-10(8-14)12-4-2-1-3-11(9)12/h7-12H,1-6H2. The zero-order chi connectivity index (χ0) is 9.97. The normalized spacial score (nSPS) is 42.6. The maximum atomic E-state index is 10.9. The van der Waals surface area contributed by atoms with E-state index < -0.39 is 0 Å². The first kappa shape index (κ1) is 9.88. The van der Waals surface area contributed by atoms with Crippen molar-refractivity contribution in [2.75, 3.05) is 0 Å². The van der Waals surface area contributed by atoms with E-state index >= 15 is 0 Å². The van der Waals surface area contributed by atoms with E-state index in [9.17, 15) is 9.59 Å². The summed E-state index contributed by atoms with van der Waals surface area (Å²) in [6.07, 6.45) is 8.96. The Labute approximate surface area is 85.1 Å². The number of carbonyl (C=O) groups is 2. The van der Waals surface area contributed by atoms with Crippen LogP contribution in [-0.2, 0) is 9.59 Å². The molecule has 0 aromatic rings. The highest BCUT2D eigenvalue weighted by molar-refractivity contribution is 5.58. The van der Waals surface area contributed by atoms with Crippen molar-refractivity contribution >= 4 is 12.6 Å². The summed E-state index contributed by atoms with van der Waals surface area (Å²) >= 11 is 0. The molecule has 0 heterocycles. The Hall–Kier alpha value is -0.660. The monoisotopic (exact) mass is 194 g/mol. The predicted octanol–water partition coefficient (Wildman–Crippen LogP) is 2.22. The van der Waals surface area contributed by atoms with Crippen molar-refractivity contribution in [3.63, 3.8) is 0 Å². The summed E-state index contributed by atoms with van der Waals surface area (Å²) < 4.78 is 0. The third-order valence-electron chi connectivity index (χ3n) is 4.16. The molecule has 2 heteroatoms. The van der Waals surface area contributed by atoms with Gasteiger partial charge in [-0.3, -0.25) is 0 Å². The second-order valence-corrected chi connectivity index (χ2v) is 4.79. The molecule has 0 aliphatic heterocycles. The Morgan fingerprint density at radius 3 is 1.50 bits per heavy atom. The highest BCUT2D eigenvalue weighted by Crippen LogP contribution is 2.45. The van der Waals surface area contributed by atoms with Crippen LogP contribution in [0.2, 0.25) is 0 Å². The minimum atomic E-state index is 0.247. The number of aldehydes is 2. The van der Waals surface area contributed by atoms with Crippen LogP contribution in [0.25, 0.3) is 0 Å². The van der Waals surface area contributed by atoms with Crippen molar-refractivity contribution in [2.45, 2.75) is 38.5 Å². The molecule has 0 amide bonds. The Morgan fingerprint density at radius 2 is 1.14 bits per heavy atom. The molecule has 0 aromatic heterocycles. The van der Waals surface area contributed by atoms with Gasteiger partial charge in [-0.15, -0.1) is 0 Å². The van der Waals surface area contributed by atoms with Gasteiger partial charge >= 0.3 is 0 Å².